The molecule has 164 valence electrons. The summed E-state index contributed by atoms with van der Waals surface area (Å²) >= 11 is 0. The summed E-state index contributed by atoms with van der Waals surface area (Å²) in [5.74, 6) is -0.902. The van der Waals surface area contributed by atoms with E-state index < -0.39 is 17.7 Å². The normalized spacial score (nSPS) is 11.9. The average molecular weight is 423 g/mol. The van der Waals surface area contributed by atoms with Crippen LogP contribution in [-0.2, 0) is 16.0 Å². The molecule has 0 radical (unpaired) electrons. The number of nitrogens with one attached hydrogen (secondary N) is 2. The summed E-state index contributed by atoms with van der Waals surface area (Å²) in [6.07, 6.45) is 1.84. The number of aromatic nitrogens is 1. The molecule has 1 heterocycles. The summed E-state index contributed by atoms with van der Waals surface area (Å²) in [5, 5.41) is 5.52. The van der Waals surface area contributed by atoms with E-state index in [1.165, 1.54) is 12.3 Å². The molecule has 1 aromatic heterocycles. The molecule has 2 amide bonds. The maximum Gasteiger partial charge on any atom is 0.407 e. The summed E-state index contributed by atoms with van der Waals surface area (Å²) in [6.45, 7) is 6.30. The number of hydrogen-bond acceptors (Lipinski definition) is 5. The molecule has 1 atom stereocenters. The largest absolute Gasteiger partial charge is 0.450 e. The fourth-order valence-electron chi connectivity index (χ4n) is 2.89. The van der Waals surface area contributed by atoms with Crippen molar-refractivity contribution in [3.63, 3.8) is 0 Å². The second kappa shape index (κ2) is 11.3. The lowest BCUT2D eigenvalue weighted by atomic mass is 10.0. The van der Waals surface area contributed by atoms with Gasteiger partial charge in [0, 0.05) is 31.5 Å². The third-order valence-corrected chi connectivity index (χ3v) is 4.22. The van der Waals surface area contributed by atoms with Crippen molar-refractivity contribution in [2.75, 3.05) is 13.2 Å². The molecule has 0 aliphatic heterocycles. The number of amides is 2. The van der Waals surface area contributed by atoms with Crippen molar-refractivity contribution in [3.05, 3.63) is 41.9 Å². The molecule has 2 aromatic rings. The Morgan fingerprint density at radius 3 is 2.70 bits per heavy atom. The van der Waals surface area contributed by atoms with Gasteiger partial charge < -0.3 is 19.8 Å². The lowest BCUT2D eigenvalue weighted by Crippen LogP contribution is -2.44. The fourth-order valence-corrected chi connectivity index (χ4v) is 2.89. The highest BCUT2D eigenvalue weighted by Gasteiger charge is 2.17. The lowest BCUT2D eigenvalue weighted by Gasteiger charge is -2.20. The fraction of sp³-hybridized carbons (Fsp3) is 0.476. The van der Waals surface area contributed by atoms with Crippen LogP contribution < -0.4 is 10.6 Å². The van der Waals surface area contributed by atoms with E-state index in [0.717, 1.165) is 12.1 Å². The second-order valence-corrected chi connectivity index (χ2v) is 7.24. The number of benzene rings is 1. The van der Waals surface area contributed by atoms with Crippen molar-refractivity contribution >= 4 is 12.0 Å². The minimum atomic E-state index is -0.749. The van der Waals surface area contributed by atoms with E-state index in [1.54, 1.807) is 6.92 Å². The molecule has 0 spiro atoms. The van der Waals surface area contributed by atoms with Gasteiger partial charge in [0.2, 0.25) is 5.91 Å². The molecule has 2 rings (SSSR count). The molecule has 0 bridgehead atoms. The van der Waals surface area contributed by atoms with Gasteiger partial charge in [0.25, 0.3) is 0 Å². The van der Waals surface area contributed by atoms with Gasteiger partial charge in [-0.15, -0.1) is 0 Å². The third kappa shape index (κ3) is 7.46. The number of carbonyl (C=O) groups is 2. The molecule has 2 N–H and O–H groups in total. The second-order valence-electron chi connectivity index (χ2n) is 7.24. The first-order valence-corrected chi connectivity index (χ1v) is 9.88. The van der Waals surface area contributed by atoms with E-state index in [0.29, 0.717) is 12.3 Å². The predicted octanol–water partition coefficient (Wildman–Crippen LogP) is 3.83. The Labute approximate surface area is 174 Å². The first kappa shape index (κ1) is 23.3. The topological polar surface area (TPSA) is 93.5 Å². The minimum absolute atomic E-state index is 0.0983. The smallest absolute Gasteiger partial charge is 0.407 e. The monoisotopic (exact) mass is 423 g/mol. The number of ether oxygens (including phenoxy) is 1. The lowest BCUT2D eigenvalue weighted by molar-refractivity contribution is -0.121. The molecule has 0 aliphatic rings. The standard InChI is InChI=1S/C21H27F2N3O4/c1-4-29-21(28)26-15(9-13(2)3)11-24-19(27)7-8-20-25-12-18(30-20)16-6-5-14(22)10-17(16)23/h5-6,10,12-13,15H,4,7-9,11H2,1-3H3,(H,24,27)(H,26,28). The third-order valence-electron chi connectivity index (χ3n) is 4.22. The minimum Gasteiger partial charge on any atom is -0.450 e. The summed E-state index contributed by atoms with van der Waals surface area (Å²) < 4.78 is 37.2. The van der Waals surface area contributed by atoms with Crippen LogP contribution in [0, 0.1) is 17.6 Å². The zero-order valence-electron chi connectivity index (χ0n) is 17.3. The van der Waals surface area contributed by atoms with Crippen LogP contribution in [0.15, 0.2) is 28.8 Å². The maximum atomic E-state index is 13.8. The van der Waals surface area contributed by atoms with Gasteiger partial charge in [-0.05, 0) is 31.4 Å². The number of rotatable bonds is 10. The Morgan fingerprint density at radius 1 is 1.27 bits per heavy atom. The van der Waals surface area contributed by atoms with E-state index in [2.05, 4.69) is 15.6 Å². The first-order valence-electron chi connectivity index (χ1n) is 9.88. The van der Waals surface area contributed by atoms with Crippen molar-refractivity contribution < 1.29 is 27.5 Å². The molecule has 30 heavy (non-hydrogen) atoms. The van der Waals surface area contributed by atoms with Crippen molar-refractivity contribution in [3.8, 4) is 11.3 Å². The van der Waals surface area contributed by atoms with E-state index in [1.807, 2.05) is 13.8 Å². The molecule has 1 unspecified atom stereocenters. The molecule has 0 fully saturated rings. The number of halogens is 2. The van der Waals surface area contributed by atoms with Crippen molar-refractivity contribution in [2.45, 2.75) is 46.1 Å². The van der Waals surface area contributed by atoms with Crippen LogP contribution in [0.2, 0.25) is 0 Å². The zero-order chi connectivity index (χ0) is 22.1. The predicted molar refractivity (Wildman–Crippen MR) is 107 cm³/mol. The molecule has 1 aromatic carbocycles. The van der Waals surface area contributed by atoms with Gasteiger partial charge in [0.15, 0.2) is 11.7 Å². The van der Waals surface area contributed by atoms with Crippen LogP contribution in [0.1, 0.15) is 39.5 Å². The van der Waals surface area contributed by atoms with Crippen molar-refractivity contribution in [2.24, 2.45) is 5.92 Å². The van der Waals surface area contributed by atoms with Gasteiger partial charge in [0.1, 0.15) is 11.6 Å². The van der Waals surface area contributed by atoms with Crippen LogP contribution in [0.25, 0.3) is 11.3 Å². The van der Waals surface area contributed by atoms with Crippen LogP contribution in [0.3, 0.4) is 0 Å². The number of aryl methyl sites for hydroxylation is 1. The Bertz CT molecular complexity index is 855. The summed E-state index contributed by atoms with van der Waals surface area (Å²) in [7, 11) is 0. The number of alkyl carbamates (subject to hydrolysis) is 1. The highest BCUT2D eigenvalue weighted by atomic mass is 19.1. The van der Waals surface area contributed by atoms with Gasteiger partial charge in [-0.3, -0.25) is 4.79 Å². The molecular formula is C21H27F2N3O4. The molecule has 7 nitrogen and oxygen atoms in total. The SMILES string of the molecule is CCOC(=O)NC(CNC(=O)CCc1ncc(-c2ccc(F)cc2F)o1)CC(C)C. The highest BCUT2D eigenvalue weighted by molar-refractivity contribution is 5.76. The van der Waals surface area contributed by atoms with E-state index in [-0.39, 0.29) is 55.2 Å². The molecule has 0 saturated carbocycles. The number of nitrogens with zero attached hydrogens (tertiary/aromatic N) is 1. The van der Waals surface area contributed by atoms with E-state index in [4.69, 9.17) is 9.15 Å². The van der Waals surface area contributed by atoms with Crippen molar-refractivity contribution in [1.82, 2.24) is 15.6 Å². The van der Waals surface area contributed by atoms with Crippen LogP contribution in [0.5, 0.6) is 0 Å². The Morgan fingerprint density at radius 2 is 2.03 bits per heavy atom. The van der Waals surface area contributed by atoms with Crippen LogP contribution >= 0.6 is 0 Å². The summed E-state index contributed by atoms with van der Waals surface area (Å²) in [6, 6.07) is 2.92. The number of hydrogen-bond donors (Lipinski definition) is 2. The summed E-state index contributed by atoms with van der Waals surface area (Å²) in [4.78, 5) is 27.8. The van der Waals surface area contributed by atoms with Crippen molar-refractivity contribution in [1.29, 1.82) is 0 Å². The Hall–Kier alpha value is -2.97. The molecule has 0 saturated heterocycles. The average Bonchev–Trinajstić information content (AvgIpc) is 3.13. The number of carbonyl (C=O) groups excluding carboxylic acids is 2. The first-order chi connectivity index (χ1) is 14.3. The zero-order valence-corrected chi connectivity index (χ0v) is 17.3. The molecular weight excluding hydrogens is 396 g/mol. The van der Waals surface area contributed by atoms with Crippen LogP contribution in [0.4, 0.5) is 13.6 Å². The Kier molecular flexibility index (Phi) is 8.76. The maximum absolute atomic E-state index is 13.8. The molecule has 9 heteroatoms. The summed E-state index contributed by atoms with van der Waals surface area (Å²) in [5.41, 5.74) is 0.0983. The molecule has 0 aliphatic carbocycles. The van der Waals surface area contributed by atoms with E-state index >= 15 is 0 Å². The van der Waals surface area contributed by atoms with E-state index in [9.17, 15) is 18.4 Å². The quantitative estimate of drug-likeness (QED) is 0.606. The number of oxazole rings is 1. The van der Waals surface area contributed by atoms with Gasteiger partial charge in [-0.1, -0.05) is 13.8 Å². The van der Waals surface area contributed by atoms with Crippen LogP contribution in [-0.4, -0.2) is 36.2 Å². The van der Waals surface area contributed by atoms with Gasteiger partial charge in [0.05, 0.1) is 18.4 Å². The highest BCUT2D eigenvalue weighted by Crippen LogP contribution is 2.24. The van der Waals surface area contributed by atoms with Gasteiger partial charge >= 0.3 is 6.09 Å². The Balaban J connectivity index is 1.85. The van der Waals surface area contributed by atoms with Gasteiger partial charge in [-0.2, -0.15) is 0 Å². The van der Waals surface area contributed by atoms with Gasteiger partial charge in [-0.25, -0.2) is 18.6 Å².